The van der Waals surface area contributed by atoms with E-state index in [0.717, 1.165) is 5.56 Å². The number of amides is 1. The highest BCUT2D eigenvalue weighted by atomic mass is 16.6. The lowest BCUT2D eigenvalue weighted by atomic mass is 10.0. The molecule has 5 heteroatoms. The number of carbonyl (C=O) groups excluding carboxylic acids is 2. The van der Waals surface area contributed by atoms with Gasteiger partial charge in [0.1, 0.15) is 11.5 Å². The average Bonchev–Trinajstić information content (AvgIpc) is 2.49. The molecule has 0 spiro atoms. The van der Waals surface area contributed by atoms with Crippen molar-refractivity contribution in [2.24, 2.45) is 0 Å². The maximum absolute atomic E-state index is 11.9. The second-order valence-electron chi connectivity index (χ2n) is 4.75. The number of Topliss-reactive ketones (excluding diaryl/α,β-unsaturated/α-hetero) is 1. The van der Waals surface area contributed by atoms with Gasteiger partial charge in [-0.1, -0.05) is 18.2 Å². The molecule has 0 atom stereocenters. The molecule has 0 fully saturated rings. The minimum atomic E-state index is -0.650. The number of aryl methyl sites for hydroxylation is 1. The number of hydrogen-bond donors (Lipinski definition) is 1. The van der Waals surface area contributed by atoms with Crippen molar-refractivity contribution in [3.63, 3.8) is 0 Å². The summed E-state index contributed by atoms with van der Waals surface area (Å²) in [6.07, 6.45) is -0.650. The van der Waals surface area contributed by atoms with E-state index in [2.05, 4.69) is 5.32 Å². The molecule has 5 nitrogen and oxygen atoms in total. The molecule has 0 saturated heterocycles. The fourth-order valence-corrected chi connectivity index (χ4v) is 2.06. The predicted octanol–water partition coefficient (Wildman–Crippen LogP) is 3.82. The van der Waals surface area contributed by atoms with E-state index in [1.165, 1.54) is 14.0 Å². The molecule has 0 aliphatic rings. The Morgan fingerprint density at radius 2 is 1.77 bits per heavy atom. The largest absolute Gasteiger partial charge is 0.495 e. The summed E-state index contributed by atoms with van der Waals surface area (Å²) < 4.78 is 10.4. The first-order chi connectivity index (χ1) is 10.5. The number of carbonyl (C=O) groups is 2. The molecular formula is C17H17NO4. The van der Waals surface area contributed by atoms with Gasteiger partial charge in [-0.2, -0.15) is 0 Å². The number of benzene rings is 2. The van der Waals surface area contributed by atoms with Crippen molar-refractivity contribution in [2.75, 3.05) is 12.4 Å². The van der Waals surface area contributed by atoms with Gasteiger partial charge in [-0.05, 0) is 43.7 Å². The van der Waals surface area contributed by atoms with Crippen molar-refractivity contribution in [3.05, 3.63) is 53.6 Å². The van der Waals surface area contributed by atoms with Crippen molar-refractivity contribution in [1.29, 1.82) is 0 Å². The maximum Gasteiger partial charge on any atom is 0.417 e. The van der Waals surface area contributed by atoms with E-state index in [1.54, 1.807) is 36.4 Å². The standard InChI is InChI=1S/C17H17NO4/c1-11-9-16(21-3)15(10-14(11)12(2)19)18-17(20)22-13-7-5-4-6-8-13/h4-10H,1-3H3,(H,18,20). The Labute approximate surface area is 128 Å². The van der Waals surface area contributed by atoms with E-state index in [0.29, 0.717) is 22.7 Å². The normalized spacial score (nSPS) is 9.95. The quantitative estimate of drug-likeness (QED) is 0.872. The van der Waals surface area contributed by atoms with Gasteiger partial charge in [0, 0.05) is 5.56 Å². The Hall–Kier alpha value is -2.82. The van der Waals surface area contributed by atoms with Gasteiger partial charge in [0.05, 0.1) is 12.8 Å². The molecule has 2 rings (SSSR count). The van der Waals surface area contributed by atoms with Crippen LogP contribution in [0.1, 0.15) is 22.8 Å². The van der Waals surface area contributed by atoms with Crippen LogP contribution in [0.5, 0.6) is 11.5 Å². The second-order valence-corrected chi connectivity index (χ2v) is 4.75. The first-order valence-corrected chi connectivity index (χ1v) is 6.74. The fraction of sp³-hybridized carbons (Fsp3) is 0.176. The molecule has 0 saturated carbocycles. The predicted molar refractivity (Wildman–Crippen MR) is 83.8 cm³/mol. The molecule has 1 N–H and O–H groups in total. The minimum Gasteiger partial charge on any atom is -0.495 e. The fourth-order valence-electron chi connectivity index (χ4n) is 2.06. The lowest BCUT2D eigenvalue weighted by Crippen LogP contribution is -2.17. The SMILES string of the molecule is COc1cc(C)c(C(C)=O)cc1NC(=O)Oc1ccccc1. The van der Waals surface area contributed by atoms with Gasteiger partial charge < -0.3 is 9.47 Å². The van der Waals surface area contributed by atoms with Gasteiger partial charge >= 0.3 is 6.09 Å². The number of nitrogens with one attached hydrogen (secondary N) is 1. The molecule has 0 heterocycles. The van der Waals surface area contributed by atoms with Crippen molar-refractivity contribution in [2.45, 2.75) is 13.8 Å². The molecule has 1 amide bonds. The van der Waals surface area contributed by atoms with Crippen LogP contribution in [0.4, 0.5) is 10.5 Å². The van der Waals surface area contributed by atoms with Crippen LogP contribution in [0.15, 0.2) is 42.5 Å². The molecule has 0 aliphatic heterocycles. The number of rotatable bonds is 4. The third-order valence-corrected chi connectivity index (χ3v) is 3.12. The summed E-state index contributed by atoms with van der Waals surface area (Å²) in [5.74, 6) is 0.810. The third-order valence-electron chi connectivity index (χ3n) is 3.12. The zero-order valence-corrected chi connectivity index (χ0v) is 12.7. The summed E-state index contributed by atoms with van der Waals surface area (Å²) in [5.41, 5.74) is 1.70. The number of methoxy groups -OCH3 is 1. The molecular weight excluding hydrogens is 282 g/mol. The topological polar surface area (TPSA) is 64.6 Å². The van der Waals surface area contributed by atoms with Crippen molar-refractivity contribution >= 4 is 17.6 Å². The van der Waals surface area contributed by atoms with Crippen LogP contribution in [-0.2, 0) is 0 Å². The first-order valence-electron chi connectivity index (χ1n) is 6.74. The third kappa shape index (κ3) is 3.63. The number of hydrogen-bond acceptors (Lipinski definition) is 4. The number of ketones is 1. The van der Waals surface area contributed by atoms with E-state index < -0.39 is 6.09 Å². The summed E-state index contributed by atoms with van der Waals surface area (Å²) >= 11 is 0. The van der Waals surface area contributed by atoms with Gasteiger partial charge in [0.2, 0.25) is 0 Å². The van der Waals surface area contributed by atoms with E-state index in [1.807, 2.05) is 13.0 Å². The summed E-state index contributed by atoms with van der Waals surface area (Å²) in [6.45, 7) is 3.28. The highest BCUT2D eigenvalue weighted by Gasteiger charge is 2.14. The molecule has 0 radical (unpaired) electrons. The molecule has 0 unspecified atom stereocenters. The molecule has 2 aromatic rings. The molecule has 0 aromatic heterocycles. The lowest BCUT2D eigenvalue weighted by molar-refractivity contribution is 0.101. The van der Waals surface area contributed by atoms with Crippen molar-refractivity contribution in [1.82, 2.24) is 0 Å². The minimum absolute atomic E-state index is 0.0837. The Morgan fingerprint density at radius 1 is 1.09 bits per heavy atom. The summed E-state index contributed by atoms with van der Waals surface area (Å²) in [6, 6.07) is 12.0. The smallest absolute Gasteiger partial charge is 0.417 e. The van der Waals surface area contributed by atoms with E-state index in [9.17, 15) is 9.59 Å². The Balaban J connectivity index is 2.22. The van der Waals surface area contributed by atoms with E-state index in [4.69, 9.17) is 9.47 Å². The summed E-state index contributed by atoms with van der Waals surface area (Å²) in [5, 5.41) is 2.59. The van der Waals surface area contributed by atoms with Crippen LogP contribution >= 0.6 is 0 Å². The van der Waals surface area contributed by atoms with Crippen LogP contribution in [0.3, 0.4) is 0 Å². The highest BCUT2D eigenvalue weighted by Crippen LogP contribution is 2.29. The second kappa shape index (κ2) is 6.76. The van der Waals surface area contributed by atoms with Gasteiger partial charge in [0.15, 0.2) is 5.78 Å². The van der Waals surface area contributed by atoms with Gasteiger partial charge in [0.25, 0.3) is 0 Å². The van der Waals surface area contributed by atoms with Crippen LogP contribution in [0.2, 0.25) is 0 Å². The Kier molecular flexibility index (Phi) is 4.78. The van der Waals surface area contributed by atoms with Crippen LogP contribution in [0.25, 0.3) is 0 Å². The maximum atomic E-state index is 11.9. The van der Waals surface area contributed by atoms with Crippen LogP contribution < -0.4 is 14.8 Å². The van der Waals surface area contributed by atoms with Gasteiger partial charge in [-0.15, -0.1) is 0 Å². The Morgan fingerprint density at radius 3 is 2.36 bits per heavy atom. The van der Waals surface area contributed by atoms with Crippen molar-refractivity contribution < 1.29 is 19.1 Å². The molecule has 0 aliphatic carbocycles. The van der Waals surface area contributed by atoms with Crippen LogP contribution in [0, 0.1) is 6.92 Å². The Bertz CT molecular complexity index is 695. The number of ether oxygens (including phenoxy) is 2. The number of anilines is 1. The summed E-state index contributed by atoms with van der Waals surface area (Å²) in [4.78, 5) is 23.6. The molecule has 114 valence electrons. The number of para-hydroxylation sites is 1. The van der Waals surface area contributed by atoms with Crippen molar-refractivity contribution in [3.8, 4) is 11.5 Å². The van der Waals surface area contributed by atoms with Crippen LogP contribution in [-0.4, -0.2) is 19.0 Å². The van der Waals surface area contributed by atoms with Gasteiger partial charge in [-0.25, -0.2) is 4.79 Å². The molecule has 22 heavy (non-hydrogen) atoms. The van der Waals surface area contributed by atoms with E-state index in [-0.39, 0.29) is 5.78 Å². The van der Waals surface area contributed by atoms with Gasteiger partial charge in [-0.3, -0.25) is 10.1 Å². The monoisotopic (exact) mass is 299 g/mol. The molecule has 0 bridgehead atoms. The lowest BCUT2D eigenvalue weighted by Gasteiger charge is -2.13. The average molecular weight is 299 g/mol. The first kappa shape index (κ1) is 15.6. The zero-order chi connectivity index (χ0) is 16.1. The highest BCUT2D eigenvalue weighted by molar-refractivity contribution is 5.98. The zero-order valence-electron chi connectivity index (χ0n) is 12.7. The van der Waals surface area contributed by atoms with E-state index >= 15 is 0 Å². The molecule has 2 aromatic carbocycles. The summed E-state index contributed by atoms with van der Waals surface area (Å²) in [7, 11) is 1.50.